The van der Waals surface area contributed by atoms with Crippen LogP contribution in [-0.2, 0) is 12.8 Å². The summed E-state index contributed by atoms with van der Waals surface area (Å²) < 4.78 is 11.2. The second-order valence-corrected chi connectivity index (χ2v) is 7.07. The zero-order valence-electron chi connectivity index (χ0n) is 17.5. The van der Waals surface area contributed by atoms with E-state index in [1.54, 1.807) is 48.6 Å². The van der Waals surface area contributed by atoms with E-state index in [0.717, 1.165) is 16.7 Å². The third-order valence-corrected chi connectivity index (χ3v) is 4.63. The Hall–Kier alpha value is -3.92. The Balaban J connectivity index is 1.83. The van der Waals surface area contributed by atoms with Crippen molar-refractivity contribution in [1.82, 2.24) is 0 Å². The number of carbonyl (C=O) groups excluding carboxylic acids is 2. The quantitative estimate of drug-likeness (QED) is 0.263. The van der Waals surface area contributed by atoms with Gasteiger partial charge in [-0.25, -0.2) is 9.59 Å². The highest BCUT2D eigenvalue weighted by Crippen LogP contribution is 2.23. The van der Waals surface area contributed by atoms with E-state index in [0.29, 0.717) is 24.3 Å². The highest BCUT2D eigenvalue weighted by Gasteiger charge is 2.17. The first-order valence-corrected chi connectivity index (χ1v) is 9.95. The molecule has 0 spiro atoms. The first kappa shape index (κ1) is 21.8. The fraction of sp³-hybridized carbons (Fsp3) is 0.111. The number of ether oxygens (including phenoxy) is 2. The summed E-state index contributed by atoms with van der Waals surface area (Å²) in [6.45, 7) is 9.27. The molecule has 3 aromatic rings. The fourth-order valence-electron chi connectivity index (χ4n) is 3.19. The summed E-state index contributed by atoms with van der Waals surface area (Å²) in [7, 11) is 0. The summed E-state index contributed by atoms with van der Waals surface area (Å²) in [5.74, 6) is -0.143. The first-order valence-electron chi connectivity index (χ1n) is 9.95. The minimum atomic E-state index is -0.540. The molecule has 4 nitrogen and oxygen atoms in total. The zero-order chi connectivity index (χ0) is 22.2. The van der Waals surface area contributed by atoms with Crippen molar-refractivity contribution in [2.75, 3.05) is 0 Å². The van der Waals surface area contributed by atoms with Gasteiger partial charge in [0, 0.05) is 0 Å². The molecule has 3 rings (SSSR count). The van der Waals surface area contributed by atoms with Crippen LogP contribution in [0.5, 0.6) is 11.5 Å². The summed E-state index contributed by atoms with van der Waals surface area (Å²) >= 11 is 0. The van der Waals surface area contributed by atoms with E-state index in [9.17, 15) is 9.59 Å². The van der Waals surface area contributed by atoms with Gasteiger partial charge in [0.15, 0.2) is 0 Å². The van der Waals surface area contributed by atoms with Gasteiger partial charge in [0.05, 0.1) is 11.1 Å². The molecule has 0 aliphatic heterocycles. The number of rotatable bonds is 8. The van der Waals surface area contributed by atoms with Crippen LogP contribution in [0.3, 0.4) is 0 Å². The Labute approximate surface area is 182 Å². The van der Waals surface area contributed by atoms with Crippen molar-refractivity contribution >= 4 is 11.9 Å². The van der Waals surface area contributed by atoms with Crippen molar-refractivity contribution in [3.63, 3.8) is 0 Å². The molecule has 31 heavy (non-hydrogen) atoms. The summed E-state index contributed by atoms with van der Waals surface area (Å²) in [5, 5.41) is 0. The molecule has 0 saturated carbocycles. The van der Waals surface area contributed by atoms with E-state index < -0.39 is 11.9 Å². The minimum Gasteiger partial charge on any atom is -0.423 e. The van der Waals surface area contributed by atoms with Gasteiger partial charge >= 0.3 is 11.9 Å². The van der Waals surface area contributed by atoms with Crippen molar-refractivity contribution in [3.05, 3.63) is 120 Å². The molecule has 0 saturated heterocycles. The Morgan fingerprint density at radius 2 is 1.16 bits per heavy atom. The average Bonchev–Trinajstić information content (AvgIpc) is 2.76. The van der Waals surface area contributed by atoms with Gasteiger partial charge < -0.3 is 9.47 Å². The number of carbonyl (C=O) groups is 2. The van der Waals surface area contributed by atoms with E-state index in [1.165, 1.54) is 6.07 Å². The second kappa shape index (κ2) is 10.2. The minimum absolute atomic E-state index is 0.278. The van der Waals surface area contributed by atoms with Gasteiger partial charge in [-0.05, 0) is 66.8 Å². The summed E-state index contributed by atoms with van der Waals surface area (Å²) in [6.07, 6.45) is 4.66. The predicted octanol–water partition coefficient (Wildman–Crippen LogP) is 5.89. The third-order valence-electron chi connectivity index (χ3n) is 4.63. The maximum Gasteiger partial charge on any atom is 0.343 e. The van der Waals surface area contributed by atoms with Crippen LogP contribution >= 0.6 is 0 Å². The maximum atomic E-state index is 12.8. The Kier molecular flexibility index (Phi) is 7.17. The van der Waals surface area contributed by atoms with Crippen LogP contribution in [0.25, 0.3) is 0 Å². The molecule has 0 aliphatic rings. The molecule has 0 heterocycles. The van der Waals surface area contributed by atoms with E-state index in [4.69, 9.17) is 9.47 Å². The molecule has 0 aliphatic carbocycles. The normalized spacial score (nSPS) is 10.2. The smallest absolute Gasteiger partial charge is 0.343 e. The highest BCUT2D eigenvalue weighted by atomic mass is 16.5. The zero-order valence-corrected chi connectivity index (χ0v) is 17.5. The molecule has 4 heteroatoms. The van der Waals surface area contributed by atoms with E-state index >= 15 is 0 Å². The molecule has 3 aromatic carbocycles. The van der Waals surface area contributed by atoms with Gasteiger partial charge in [-0.2, -0.15) is 0 Å². The number of benzene rings is 3. The lowest BCUT2D eigenvalue weighted by atomic mass is 10.1. The monoisotopic (exact) mass is 412 g/mol. The summed E-state index contributed by atoms with van der Waals surface area (Å²) in [6, 6.07) is 19.4. The number of para-hydroxylation sites is 2. The number of esters is 2. The number of aryl methyl sites for hydroxylation is 1. The lowest BCUT2D eigenvalue weighted by Crippen LogP contribution is -2.14. The molecular formula is C27H24O4. The van der Waals surface area contributed by atoms with Crippen molar-refractivity contribution in [1.29, 1.82) is 0 Å². The maximum absolute atomic E-state index is 12.8. The van der Waals surface area contributed by atoms with Crippen molar-refractivity contribution in [2.24, 2.45) is 0 Å². The molecule has 0 amide bonds. The molecule has 0 aromatic heterocycles. The van der Waals surface area contributed by atoms with Crippen LogP contribution < -0.4 is 9.47 Å². The van der Waals surface area contributed by atoms with Gasteiger partial charge in [0.25, 0.3) is 0 Å². The van der Waals surface area contributed by atoms with E-state index in [2.05, 4.69) is 13.2 Å². The van der Waals surface area contributed by atoms with Gasteiger partial charge in [0.1, 0.15) is 11.5 Å². The molecule has 0 fully saturated rings. The number of allylic oxidation sites excluding steroid dienone is 2. The standard InChI is InChI=1S/C27H24O4/c1-4-10-20-12-6-8-14-24(20)30-26(28)22-16-19(3)17-23(18-22)27(29)31-25-15-9-7-13-21(25)11-5-2/h4-9,12-18H,1-2,10-11H2,3H3. The van der Waals surface area contributed by atoms with Crippen LogP contribution in [0.4, 0.5) is 0 Å². The van der Waals surface area contributed by atoms with Crippen LogP contribution in [0.2, 0.25) is 0 Å². The lowest BCUT2D eigenvalue weighted by molar-refractivity contribution is 0.0733. The Morgan fingerprint density at radius 3 is 1.58 bits per heavy atom. The predicted molar refractivity (Wildman–Crippen MR) is 122 cm³/mol. The molecule has 156 valence electrons. The molecule has 0 bridgehead atoms. The van der Waals surface area contributed by atoms with E-state index in [-0.39, 0.29) is 11.1 Å². The summed E-state index contributed by atoms with van der Waals surface area (Å²) in [5.41, 5.74) is 3.02. The van der Waals surface area contributed by atoms with Gasteiger partial charge in [-0.3, -0.25) is 0 Å². The molecule has 0 atom stereocenters. The second-order valence-electron chi connectivity index (χ2n) is 7.07. The topological polar surface area (TPSA) is 52.6 Å². The number of hydrogen-bond donors (Lipinski definition) is 0. The highest BCUT2D eigenvalue weighted by molar-refractivity contribution is 5.97. The van der Waals surface area contributed by atoms with Crippen molar-refractivity contribution < 1.29 is 19.1 Å². The van der Waals surface area contributed by atoms with Crippen LogP contribution in [0.1, 0.15) is 37.4 Å². The average molecular weight is 412 g/mol. The fourth-order valence-corrected chi connectivity index (χ4v) is 3.19. The van der Waals surface area contributed by atoms with E-state index in [1.807, 2.05) is 31.2 Å². The third kappa shape index (κ3) is 5.58. The van der Waals surface area contributed by atoms with Gasteiger partial charge in [-0.1, -0.05) is 48.6 Å². The van der Waals surface area contributed by atoms with Gasteiger partial charge in [-0.15, -0.1) is 13.2 Å². The first-order chi connectivity index (χ1) is 15.0. The number of hydrogen-bond acceptors (Lipinski definition) is 4. The van der Waals surface area contributed by atoms with Gasteiger partial charge in [0.2, 0.25) is 0 Å². The van der Waals surface area contributed by atoms with Crippen molar-refractivity contribution in [2.45, 2.75) is 19.8 Å². The van der Waals surface area contributed by atoms with Crippen LogP contribution in [0.15, 0.2) is 92.0 Å². The largest absolute Gasteiger partial charge is 0.423 e. The molecule has 0 N–H and O–H groups in total. The molecular weight excluding hydrogens is 388 g/mol. The summed E-state index contributed by atoms with van der Waals surface area (Å²) in [4.78, 5) is 25.6. The Morgan fingerprint density at radius 1 is 0.742 bits per heavy atom. The SMILES string of the molecule is C=CCc1ccccc1OC(=O)c1cc(C)cc(C(=O)Oc2ccccc2CC=C)c1. The van der Waals surface area contributed by atoms with Crippen molar-refractivity contribution in [3.8, 4) is 11.5 Å². The van der Waals surface area contributed by atoms with Crippen LogP contribution in [0, 0.1) is 6.92 Å². The lowest BCUT2D eigenvalue weighted by Gasteiger charge is -2.11. The molecule has 0 unspecified atom stereocenters. The molecule has 0 radical (unpaired) electrons. The Bertz CT molecular complexity index is 1040. The van der Waals surface area contributed by atoms with Crippen LogP contribution in [-0.4, -0.2) is 11.9 Å².